The number of imidazole rings is 1. The Kier molecular flexibility index (Phi) is 4.09. The van der Waals surface area contributed by atoms with E-state index in [1.54, 1.807) is 11.0 Å². The number of carbonyl (C=O) groups excluding carboxylic acids is 1. The Morgan fingerprint density at radius 3 is 2.96 bits per heavy atom. The van der Waals surface area contributed by atoms with Crippen LogP contribution < -0.4 is 5.32 Å². The van der Waals surface area contributed by atoms with Crippen LogP contribution in [0.2, 0.25) is 0 Å². The van der Waals surface area contributed by atoms with Crippen LogP contribution in [0.3, 0.4) is 0 Å². The van der Waals surface area contributed by atoms with E-state index in [1.165, 1.54) is 5.69 Å². The number of ether oxygens (including phenoxy) is 1. The van der Waals surface area contributed by atoms with Gasteiger partial charge in [0.1, 0.15) is 5.82 Å². The fraction of sp³-hybridized carbons (Fsp3) is 0.588. The fourth-order valence-electron chi connectivity index (χ4n) is 4.10. The monoisotopic (exact) mass is 344 g/mol. The number of nitrogens with zero attached hydrogens (tertiary/aromatic N) is 4. The first-order chi connectivity index (χ1) is 12.1. The van der Waals surface area contributed by atoms with Crippen LogP contribution >= 0.6 is 0 Å². The quantitative estimate of drug-likeness (QED) is 0.866. The van der Waals surface area contributed by atoms with Crippen molar-refractivity contribution in [2.24, 2.45) is 7.05 Å². The third-order valence-corrected chi connectivity index (χ3v) is 5.32. The van der Waals surface area contributed by atoms with Crippen molar-refractivity contribution < 1.29 is 9.53 Å². The summed E-state index contributed by atoms with van der Waals surface area (Å²) in [7, 11) is 1.83. The minimum atomic E-state index is -0.203. The van der Waals surface area contributed by atoms with Gasteiger partial charge in [-0.15, -0.1) is 0 Å². The molecule has 25 heavy (non-hydrogen) atoms. The highest BCUT2D eigenvalue weighted by Crippen LogP contribution is 2.41. The number of amides is 1. The van der Waals surface area contributed by atoms with Crippen molar-refractivity contribution in [2.75, 3.05) is 31.6 Å². The second kappa shape index (κ2) is 6.27. The number of rotatable bonds is 3. The highest BCUT2D eigenvalue weighted by atomic mass is 16.5. The summed E-state index contributed by atoms with van der Waals surface area (Å²) in [6, 6.07) is 1.88. The molecule has 1 spiro atoms. The van der Waals surface area contributed by atoms with Gasteiger partial charge >= 0.3 is 0 Å². The summed E-state index contributed by atoms with van der Waals surface area (Å²) in [5, 5.41) is 7.25. The normalized spacial score (nSPS) is 19.8. The molecule has 134 valence electrons. The van der Waals surface area contributed by atoms with E-state index in [1.807, 2.05) is 20.0 Å². The molecule has 4 rings (SSSR count). The molecule has 0 bridgehead atoms. The van der Waals surface area contributed by atoms with Crippen LogP contribution in [-0.4, -0.2) is 56.9 Å². The molecule has 8 heteroatoms. The van der Waals surface area contributed by atoms with Gasteiger partial charge in [0.2, 0.25) is 5.91 Å². The van der Waals surface area contributed by atoms with Gasteiger partial charge in [-0.3, -0.25) is 14.4 Å². The Bertz CT molecular complexity index is 774. The summed E-state index contributed by atoms with van der Waals surface area (Å²) in [5.41, 5.74) is 2.97. The van der Waals surface area contributed by atoms with Crippen LogP contribution in [0.1, 0.15) is 29.9 Å². The number of hydrogen-bond donors (Lipinski definition) is 2. The molecule has 0 saturated carbocycles. The predicted octanol–water partition coefficient (Wildman–Crippen LogP) is 0.954. The molecule has 1 fully saturated rings. The van der Waals surface area contributed by atoms with Gasteiger partial charge in [-0.25, -0.2) is 4.98 Å². The van der Waals surface area contributed by atoms with Crippen LogP contribution in [0.25, 0.3) is 0 Å². The Labute approximate surface area is 146 Å². The lowest BCUT2D eigenvalue weighted by Gasteiger charge is -2.48. The zero-order valence-electron chi connectivity index (χ0n) is 14.7. The first-order valence-corrected chi connectivity index (χ1v) is 8.74. The minimum absolute atomic E-state index is 0.0205. The lowest BCUT2D eigenvalue weighted by Crippen LogP contribution is -2.55. The highest BCUT2D eigenvalue weighted by Gasteiger charge is 2.46. The fourth-order valence-corrected chi connectivity index (χ4v) is 4.10. The summed E-state index contributed by atoms with van der Waals surface area (Å²) in [5.74, 6) is 0.703. The number of aryl methyl sites for hydroxylation is 2. The Morgan fingerprint density at radius 2 is 2.24 bits per heavy atom. The van der Waals surface area contributed by atoms with Crippen molar-refractivity contribution in [1.29, 1.82) is 0 Å². The maximum absolute atomic E-state index is 12.7. The van der Waals surface area contributed by atoms with Gasteiger partial charge in [0.25, 0.3) is 0 Å². The number of anilines is 1. The molecule has 2 N–H and O–H groups in total. The first kappa shape index (κ1) is 16.3. The third-order valence-electron chi connectivity index (χ3n) is 5.32. The molecule has 1 amide bonds. The van der Waals surface area contributed by atoms with E-state index in [0.29, 0.717) is 19.8 Å². The van der Waals surface area contributed by atoms with Gasteiger partial charge in [0, 0.05) is 45.0 Å². The van der Waals surface area contributed by atoms with Gasteiger partial charge in [-0.1, -0.05) is 0 Å². The van der Waals surface area contributed by atoms with Crippen LogP contribution in [0.15, 0.2) is 12.4 Å². The molecule has 0 aliphatic carbocycles. The number of hydrogen-bond acceptors (Lipinski definition) is 5. The van der Waals surface area contributed by atoms with Crippen molar-refractivity contribution in [3.05, 3.63) is 29.5 Å². The minimum Gasteiger partial charge on any atom is -0.381 e. The van der Waals surface area contributed by atoms with Gasteiger partial charge in [-0.2, -0.15) is 5.10 Å². The Balaban J connectivity index is 1.54. The molecular formula is C17H24N6O2. The second-order valence-electron chi connectivity index (χ2n) is 6.89. The zero-order valence-corrected chi connectivity index (χ0v) is 14.7. The van der Waals surface area contributed by atoms with E-state index in [0.717, 1.165) is 43.0 Å². The Morgan fingerprint density at radius 1 is 1.44 bits per heavy atom. The molecule has 2 aliphatic rings. The lowest BCUT2D eigenvalue weighted by molar-refractivity contribution is -0.121. The number of H-pyrrole nitrogens is 1. The number of aromatic nitrogens is 4. The zero-order chi connectivity index (χ0) is 17.4. The maximum atomic E-state index is 12.7. The summed E-state index contributed by atoms with van der Waals surface area (Å²) in [4.78, 5) is 22.8. The highest BCUT2D eigenvalue weighted by molar-refractivity contribution is 5.91. The van der Waals surface area contributed by atoms with Gasteiger partial charge < -0.3 is 15.0 Å². The predicted molar refractivity (Wildman–Crippen MR) is 92.2 cm³/mol. The number of aromatic amines is 1. The maximum Gasteiger partial charge on any atom is 0.239 e. The molecule has 0 radical (unpaired) electrons. The van der Waals surface area contributed by atoms with Gasteiger partial charge in [0.15, 0.2) is 0 Å². The smallest absolute Gasteiger partial charge is 0.239 e. The largest absolute Gasteiger partial charge is 0.381 e. The van der Waals surface area contributed by atoms with Crippen molar-refractivity contribution >= 4 is 11.7 Å². The second-order valence-corrected chi connectivity index (χ2v) is 6.89. The third kappa shape index (κ3) is 2.85. The molecule has 2 aromatic heterocycles. The van der Waals surface area contributed by atoms with E-state index >= 15 is 0 Å². The molecule has 2 aliphatic heterocycles. The Hall–Kier alpha value is -2.19. The van der Waals surface area contributed by atoms with Crippen molar-refractivity contribution in [3.8, 4) is 0 Å². The van der Waals surface area contributed by atoms with Crippen LogP contribution in [0.4, 0.5) is 5.82 Å². The van der Waals surface area contributed by atoms with Gasteiger partial charge in [-0.05, 0) is 19.8 Å². The molecule has 0 aromatic carbocycles. The van der Waals surface area contributed by atoms with Crippen LogP contribution in [0.5, 0.6) is 0 Å². The molecule has 4 heterocycles. The SMILES string of the molecule is Cc1cc(NC(=O)CN2CCc3[nH]cnc3C23CCOCC3)n(C)n1. The summed E-state index contributed by atoms with van der Waals surface area (Å²) in [6.45, 7) is 4.50. The topological polar surface area (TPSA) is 88.1 Å². The standard InChI is InChI=1S/C17H24N6O2/c1-12-9-14(22(2)21-12)20-15(24)10-23-6-3-13-16(19-11-18-13)17(23)4-7-25-8-5-17/h9,11H,3-8,10H2,1-2H3,(H,18,19)(H,20,24). The van der Waals surface area contributed by atoms with Crippen molar-refractivity contribution in [1.82, 2.24) is 24.6 Å². The first-order valence-electron chi connectivity index (χ1n) is 8.74. The average Bonchev–Trinajstić information content (AvgIpc) is 3.19. The number of nitrogens with one attached hydrogen (secondary N) is 2. The van der Waals surface area contributed by atoms with Crippen LogP contribution in [0, 0.1) is 6.92 Å². The molecule has 0 atom stereocenters. The van der Waals surface area contributed by atoms with Crippen molar-refractivity contribution in [2.45, 2.75) is 31.7 Å². The van der Waals surface area contributed by atoms with Gasteiger partial charge in [0.05, 0.1) is 29.8 Å². The summed E-state index contributed by atoms with van der Waals surface area (Å²) < 4.78 is 7.27. The molecule has 8 nitrogen and oxygen atoms in total. The van der Waals surface area contributed by atoms with E-state index in [4.69, 9.17) is 4.74 Å². The molecular weight excluding hydrogens is 320 g/mol. The number of carbonyl (C=O) groups is 1. The summed E-state index contributed by atoms with van der Waals surface area (Å²) in [6.07, 6.45) is 4.38. The van der Waals surface area contributed by atoms with E-state index in [-0.39, 0.29) is 11.4 Å². The number of fused-ring (bicyclic) bond motifs is 2. The average molecular weight is 344 g/mol. The van der Waals surface area contributed by atoms with Crippen molar-refractivity contribution in [3.63, 3.8) is 0 Å². The van der Waals surface area contributed by atoms with E-state index in [9.17, 15) is 4.79 Å². The van der Waals surface area contributed by atoms with Crippen LogP contribution in [-0.2, 0) is 28.5 Å². The molecule has 1 saturated heterocycles. The molecule has 2 aromatic rings. The van der Waals surface area contributed by atoms with E-state index < -0.39 is 0 Å². The summed E-state index contributed by atoms with van der Waals surface area (Å²) >= 11 is 0. The van der Waals surface area contributed by atoms with E-state index in [2.05, 4.69) is 25.3 Å². The lowest BCUT2D eigenvalue weighted by atomic mass is 9.80. The molecule has 0 unspecified atom stereocenters.